The lowest BCUT2D eigenvalue weighted by Gasteiger charge is -2.41. The number of rotatable bonds is 5. The Morgan fingerprint density at radius 1 is 1.18 bits per heavy atom. The van der Waals surface area contributed by atoms with Crippen molar-refractivity contribution in [2.75, 3.05) is 46.5 Å². The maximum atomic E-state index is 12.5. The van der Waals surface area contributed by atoms with Gasteiger partial charge in [0.25, 0.3) is 5.56 Å². The van der Waals surface area contributed by atoms with E-state index in [9.17, 15) is 4.79 Å². The van der Waals surface area contributed by atoms with Crippen LogP contribution in [-0.4, -0.2) is 67.3 Å². The minimum Gasteiger partial charge on any atom is -0.497 e. The first-order valence-electron chi connectivity index (χ1n) is 10.4. The smallest absolute Gasteiger partial charge is 0.252 e. The highest BCUT2D eigenvalue weighted by atomic mass is 16.5. The number of hydrogen-bond acceptors (Lipinski definition) is 5. The standard InChI is InChI=1S/C22H31N3O3/c1-16(25-9-11-28-12-10-25)17-5-7-24(8-6-17)15-19-13-18-14-20(27-2)3-4-21(18)23-22(19)26/h3-4,13-14,16-17H,5-12,15H2,1-2H3,(H,23,26). The van der Waals surface area contributed by atoms with Gasteiger partial charge in [0, 0.05) is 42.1 Å². The fourth-order valence-corrected chi connectivity index (χ4v) is 4.59. The molecule has 1 aromatic heterocycles. The second kappa shape index (κ2) is 8.64. The van der Waals surface area contributed by atoms with Crippen LogP contribution < -0.4 is 10.3 Å². The first-order chi connectivity index (χ1) is 13.6. The number of aromatic nitrogens is 1. The first kappa shape index (κ1) is 19.4. The van der Waals surface area contributed by atoms with Crippen molar-refractivity contribution >= 4 is 10.9 Å². The van der Waals surface area contributed by atoms with Gasteiger partial charge in [-0.1, -0.05) is 0 Å². The Kier molecular flexibility index (Phi) is 5.99. The number of nitrogens with zero attached hydrogens (tertiary/aromatic N) is 2. The van der Waals surface area contributed by atoms with Crippen LogP contribution in [-0.2, 0) is 11.3 Å². The summed E-state index contributed by atoms with van der Waals surface area (Å²) in [6.07, 6.45) is 2.38. The minimum absolute atomic E-state index is 0.0153. The monoisotopic (exact) mass is 385 g/mol. The van der Waals surface area contributed by atoms with Gasteiger partial charge < -0.3 is 14.5 Å². The summed E-state index contributed by atoms with van der Waals surface area (Å²) in [7, 11) is 1.66. The van der Waals surface area contributed by atoms with Crippen LogP contribution in [0.4, 0.5) is 0 Å². The summed E-state index contributed by atoms with van der Waals surface area (Å²) >= 11 is 0. The van der Waals surface area contributed by atoms with E-state index in [1.807, 2.05) is 24.3 Å². The highest BCUT2D eigenvalue weighted by molar-refractivity contribution is 5.80. The van der Waals surface area contributed by atoms with E-state index in [4.69, 9.17) is 9.47 Å². The lowest BCUT2D eigenvalue weighted by Crippen LogP contribution is -2.48. The molecule has 3 heterocycles. The summed E-state index contributed by atoms with van der Waals surface area (Å²) in [5, 5.41) is 1.02. The molecular weight excluding hydrogens is 354 g/mol. The molecule has 1 aromatic carbocycles. The molecule has 0 aliphatic carbocycles. The molecule has 1 unspecified atom stereocenters. The summed E-state index contributed by atoms with van der Waals surface area (Å²) in [5.74, 6) is 1.54. The normalized spacial score (nSPS) is 21.1. The van der Waals surface area contributed by atoms with Crippen molar-refractivity contribution in [2.24, 2.45) is 5.92 Å². The van der Waals surface area contributed by atoms with Crippen LogP contribution in [0.1, 0.15) is 25.3 Å². The number of ether oxygens (including phenoxy) is 2. The van der Waals surface area contributed by atoms with Crippen molar-refractivity contribution in [3.63, 3.8) is 0 Å². The predicted molar refractivity (Wildman–Crippen MR) is 111 cm³/mol. The predicted octanol–water partition coefficient (Wildman–Crippen LogP) is 2.47. The van der Waals surface area contributed by atoms with Crippen molar-refractivity contribution in [3.8, 4) is 5.75 Å². The van der Waals surface area contributed by atoms with E-state index in [0.717, 1.165) is 67.5 Å². The van der Waals surface area contributed by atoms with Crippen LogP contribution in [0.15, 0.2) is 29.1 Å². The van der Waals surface area contributed by atoms with Crippen molar-refractivity contribution < 1.29 is 9.47 Å². The third kappa shape index (κ3) is 4.24. The molecule has 0 radical (unpaired) electrons. The number of H-pyrrole nitrogens is 1. The molecule has 28 heavy (non-hydrogen) atoms. The van der Waals surface area contributed by atoms with Crippen molar-refractivity contribution in [1.29, 1.82) is 0 Å². The number of nitrogens with one attached hydrogen (secondary N) is 1. The fraction of sp³-hybridized carbons (Fsp3) is 0.591. The average molecular weight is 386 g/mol. The number of benzene rings is 1. The van der Waals surface area contributed by atoms with E-state index in [0.29, 0.717) is 12.6 Å². The zero-order valence-corrected chi connectivity index (χ0v) is 16.9. The van der Waals surface area contributed by atoms with Gasteiger partial charge in [0.2, 0.25) is 0 Å². The highest BCUT2D eigenvalue weighted by Gasteiger charge is 2.28. The molecule has 6 nitrogen and oxygen atoms in total. The molecule has 2 saturated heterocycles. The molecule has 2 aromatic rings. The van der Waals surface area contributed by atoms with E-state index in [1.165, 1.54) is 12.8 Å². The molecule has 1 N–H and O–H groups in total. The van der Waals surface area contributed by atoms with Crippen molar-refractivity contribution in [1.82, 2.24) is 14.8 Å². The topological polar surface area (TPSA) is 57.8 Å². The zero-order valence-electron chi connectivity index (χ0n) is 16.9. The Balaban J connectivity index is 1.39. The van der Waals surface area contributed by atoms with Gasteiger partial charge in [0.05, 0.1) is 20.3 Å². The number of hydrogen-bond donors (Lipinski definition) is 1. The van der Waals surface area contributed by atoms with Gasteiger partial charge in [-0.3, -0.25) is 14.6 Å². The number of methoxy groups -OCH3 is 1. The molecule has 2 fully saturated rings. The minimum atomic E-state index is 0.0153. The Bertz CT molecular complexity index is 852. The molecule has 0 spiro atoms. The molecule has 152 valence electrons. The Morgan fingerprint density at radius 3 is 2.64 bits per heavy atom. The summed E-state index contributed by atoms with van der Waals surface area (Å²) in [6.45, 7) is 9.00. The second-order valence-electron chi connectivity index (χ2n) is 8.08. The van der Waals surface area contributed by atoms with E-state index in [1.54, 1.807) is 7.11 Å². The maximum absolute atomic E-state index is 12.5. The second-order valence-corrected chi connectivity index (χ2v) is 8.08. The zero-order chi connectivity index (χ0) is 19.5. The van der Waals surface area contributed by atoms with Crippen LogP contribution in [0.3, 0.4) is 0 Å². The van der Waals surface area contributed by atoms with Crippen LogP contribution in [0, 0.1) is 5.92 Å². The Morgan fingerprint density at radius 2 is 1.93 bits per heavy atom. The molecule has 2 aliphatic rings. The number of morpholine rings is 1. The molecule has 0 saturated carbocycles. The number of likely N-dealkylation sites (tertiary alicyclic amines) is 1. The molecule has 1 atom stereocenters. The van der Waals surface area contributed by atoms with Gasteiger partial charge in [0.1, 0.15) is 5.75 Å². The molecule has 0 amide bonds. The van der Waals surface area contributed by atoms with E-state index >= 15 is 0 Å². The third-order valence-corrected chi connectivity index (χ3v) is 6.46. The van der Waals surface area contributed by atoms with Gasteiger partial charge in [-0.25, -0.2) is 0 Å². The van der Waals surface area contributed by atoms with Crippen LogP contribution in [0.2, 0.25) is 0 Å². The number of piperidine rings is 1. The van der Waals surface area contributed by atoms with E-state index in [-0.39, 0.29) is 5.56 Å². The fourth-order valence-electron chi connectivity index (χ4n) is 4.59. The summed E-state index contributed by atoms with van der Waals surface area (Å²) < 4.78 is 10.8. The Labute approximate surface area is 166 Å². The third-order valence-electron chi connectivity index (χ3n) is 6.46. The lowest BCUT2D eigenvalue weighted by atomic mass is 9.89. The Hall–Kier alpha value is -1.89. The number of aromatic amines is 1. The lowest BCUT2D eigenvalue weighted by molar-refractivity contribution is -0.00193. The van der Waals surface area contributed by atoms with Gasteiger partial charge in [-0.2, -0.15) is 0 Å². The summed E-state index contributed by atoms with van der Waals surface area (Å²) in [4.78, 5) is 20.5. The quantitative estimate of drug-likeness (QED) is 0.857. The SMILES string of the molecule is COc1ccc2[nH]c(=O)c(CN3CCC(C(C)N4CCOCC4)CC3)cc2c1. The van der Waals surface area contributed by atoms with Gasteiger partial charge in [-0.15, -0.1) is 0 Å². The van der Waals surface area contributed by atoms with Crippen LogP contribution in [0.5, 0.6) is 5.75 Å². The van der Waals surface area contributed by atoms with Gasteiger partial charge in [-0.05, 0) is 63.0 Å². The van der Waals surface area contributed by atoms with E-state index < -0.39 is 0 Å². The highest BCUT2D eigenvalue weighted by Crippen LogP contribution is 2.26. The molecular formula is C22H31N3O3. The maximum Gasteiger partial charge on any atom is 0.252 e. The molecule has 0 bridgehead atoms. The first-order valence-corrected chi connectivity index (χ1v) is 10.4. The largest absolute Gasteiger partial charge is 0.497 e. The molecule has 2 aliphatic heterocycles. The van der Waals surface area contributed by atoms with Gasteiger partial charge >= 0.3 is 0 Å². The average Bonchev–Trinajstić information content (AvgIpc) is 2.74. The number of pyridine rings is 1. The molecule has 4 rings (SSSR count). The van der Waals surface area contributed by atoms with Gasteiger partial charge in [0.15, 0.2) is 0 Å². The molecule has 6 heteroatoms. The van der Waals surface area contributed by atoms with E-state index in [2.05, 4.69) is 21.7 Å². The van der Waals surface area contributed by atoms with Crippen LogP contribution in [0.25, 0.3) is 10.9 Å². The van der Waals surface area contributed by atoms with Crippen LogP contribution >= 0.6 is 0 Å². The number of fused-ring (bicyclic) bond motifs is 1. The van der Waals surface area contributed by atoms with Crippen molar-refractivity contribution in [3.05, 3.63) is 40.2 Å². The summed E-state index contributed by atoms with van der Waals surface area (Å²) in [5.41, 5.74) is 1.70. The van der Waals surface area contributed by atoms with Crippen molar-refractivity contribution in [2.45, 2.75) is 32.4 Å². The summed E-state index contributed by atoms with van der Waals surface area (Å²) in [6, 6.07) is 8.38.